The molecule has 0 bridgehead atoms. The molecule has 3 nitrogen and oxygen atoms in total. The van der Waals surface area contributed by atoms with Crippen LogP contribution in [0, 0.1) is 12.9 Å². The van der Waals surface area contributed by atoms with E-state index >= 15 is 0 Å². The Bertz CT molecular complexity index is 581. The lowest BCUT2D eigenvalue weighted by atomic mass is 10.1. The maximum atomic E-state index is 12.7. The van der Waals surface area contributed by atoms with Crippen molar-refractivity contribution < 1.29 is 9.18 Å². The molecular weight excluding hydrogens is 243 g/mol. The van der Waals surface area contributed by atoms with E-state index in [4.69, 9.17) is 0 Å². The average Bonchev–Trinajstić information content (AvgIpc) is 2.41. The number of carbonyl (C=O) groups excluding carboxylic acids is 1. The van der Waals surface area contributed by atoms with Crippen molar-refractivity contribution in [2.45, 2.75) is 13.5 Å². The topological polar surface area (TPSA) is 33.2 Å². The van der Waals surface area contributed by atoms with E-state index in [0.717, 1.165) is 11.1 Å². The van der Waals surface area contributed by atoms with Gasteiger partial charge in [0.1, 0.15) is 0 Å². The molecular formula is C15H15FN2O. The number of nitrogens with zero attached hydrogens (tertiary/aromatic N) is 2. The minimum Gasteiger partial charge on any atom is -0.337 e. The zero-order valence-electron chi connectivity index (χ0n) is 10.9. The van der Waals surface area contributed by atoms with E-state index in [9.17, 15) is 9.18 Å². The van der Waals surface area contributed by atoms with Gasteiger partial charge in [0.15, 0.2) is 0 Å². The smallest absolute Gasteiger partial charge is 0.255 e. The Kier molecular flexibility index (Phi) is 3.90. The molecule has 1 aromatic carbocycles. The molecule has 0 aliphatic heterocycles. The predicted molar refractivity (Wildman–Crippen MR) is 71.2 cm³/mol. The number of rotatable bonds is 3. The maximum Gasteiger partial charge on any atom is 0.255 e. The Balaban J connectivity index is 2.12. The maximum absolute atomic E-state index is 12.7. The van der Waals surface area contributed by atoms with Crippen LogP contribution >= 0.6 is 0 Å². The van der Waals surface area contributed by atoms with Gasteiger partial charge in [-0.15, -0.1) is 0 Å². The molecule has 0 unspecified atom stereocenters. The van der Waals surface area contributed by atoms with E-state index in [1.54, 1.807) is 11.9 Å². The van der Waals surface area contributed by atoms with Gasteiger partial charge in [-0.25, -0.2) is 4.98 Å². The van der Waals surface area contributed by atoms with Crippen molar-refractivity contribution in [1.29, 1.82) is 0 Å². The lowest BCUT2D eigenvalue weighted by Crippen LogP contribution is -2.26. The molecule has 0 aliphatic carbocycles. The van der Waals surface area contributed by atoms with E-state index in [2.05, 4.69) is 4.98 Å². The van der Waals surface area contributed by atoms with Gasteiger partial charge < -0.3 is 4.90 Å². The quantitative estimate of drug-likeness (QED) is 0.793. The summed E-state index contributed by atoms with van der Waals surface area (Å²) in [6.45, 7) is 2.52. The zero-order valence-corrected chi connectivity index (χ0v) is 10.9. The second-order valence-electron chi connectivity index (χ2n) is 4.46. The molecule has 1 amide bonds. The van der Waals surface area contributed by atoms with Crippen LogP contribution in [0.4, 0.5) is 4.39 Å². The first-order valence-electron chi connectivity index (χ1n) is 5.99. The number of hydrogen-bond acceptors (Lipinski definition) is 2. The molecule has 0 saturated heterocycles. The number of halogens is 1. The molecule has 0 fully saturated rings. The van der Waals surface area contributed by atoms with Crippen LogP contribution < -0.4 is 0 Å². The summed E-state index contributed by atoms with van der Waals surface area (Å²) in [4.78, 5) is 17.2. The van der Waals surface area contributed by atoms with Crippen molar-refractivity contribution >= 4 is 5.91 Å². The molecule has 0 saturated carbocycles. The first-order chi connectivity index (χ1) is 9.08. The molecule has 1 aromatic heterocycles. The van der Waals surface area contributed by atoms with Crippen molar-refractivity contribution in [2.75, 3.05) is 7.05 Å². The Labute approximate surface area is 111 Å². The van der Waals surface area contributed by atoms with Crippen molar-refractivity contribution in [3.05, 3.63) is 65.2 Å². The minimum absolute atomic E-state index is 0.171. The fraction of sp³-hybridized carbons (Fsp3) is 0.200. The Hall–Kier alpha value is -2.23. The number of aromatic nitrogens is 1. The second kappa shape index (κ2) is 5.61. The summed E-state index contributed by atoms with van der Waals surface area (Å²) in [5.74, 6) is -0.756. The molecule has 2 aromatic rings. The third kappa shape index (κ3) is 3.16. The van der Waals surface area contributed by atoms with Gasteiger partial charge in [0.25, 0.3) is 5.91 Å². The molecule has 0 radical (unpaired) electrons. The number of pyridine rings is 1. The minimum atomic E-state index is -0.585. The summed E-state index contributed by atoms with van der Waals surface area (Å²) in [5.41, 5.74) is 2.62. The molecule has 4 heteroatoms. The third-order valence-corrected chi connectivity index (χ3v) is 2.99. The molecule has 0 atom stereocenters. The van der Waals surface area contributed by atoms with E-state index in [1.807, 2.05) is 31.2 Å². The zero-order chi connectivity index (χ0) is 13.8. The van der Waals surface area contributed by atoms with Gasteiger partial charge in [0.05, 0.1) is 5.56 Å². The molecule has 2 rings (SSSR count). The SMILES string of the molecule is Cc1ccccc1CN(C)C(=O)c1ccc(F)nc1. The Morgan fingerprint density at radius 1 is 1.26 bits per heavy atom. The predicted octanol–water partition coefficient (Wildman–Crippen LogP) is 2.80. The number of aryl methyl sites for hydroxylation is 1. The lowest BCUT2D eigenvalue weighted by Gasteiger charge is -2.18. The fourth-order valence-electron chi connectivity index (χ4n) is 1.84. The third-order valence-electron chi connectivity index (χ3n) is 2.99. The van der Waals surface area contributed by atoms with E-state index in [1.165, 1.54) is 18.3 Å². The van der Waals surface area contributed by atoms with Crippen LogP contribution in [-0.4, -0.2) is 22.8 Å². The van der Waals surface area contributed by atoms with Gasteiger partial charge in [0, 0.05) is 19.8 Å². The summed E-state index contributed by atoms with van der Waals surface area (Å²) >= 11 is 0. The van der Waals surface area contributed by atoms with Gasteiger partial charge in [-0.3, -0.25) is 4.79 Å². The van der Waals surface area contributed by atoms with Crippen LogP contribution in [0.1, 0.15) is 21.5 Å². The molecule has 0 spiro atoms. The largest absolute Gasteiger partial charge is 0.337 e. The summed E-state index contributed by atoms with van der Waals surface area (Å²) in [6.07, 6.45) is 1.26. The molecule has 1 heterocycles. The Morgan fingerprint density at radius 3 is 2.63 bits per heavy atom. The second-order valence-corrected chi connectivity index (χ2v) is 4.46. The van der Waals surface area contributed by atoms with Crippen LogP contribution in [0.15, 0.2) is 42.6 Å². The number of hydrogen-bond donors (Lipinski definition) is 0. The first kappa shape index (κ1) is 13.2. The van der Waals surface area contributed by atoms with E-state index in [0.29, 0.717) is 12.1 Å². The Morgan fingerprint density at radius 2 is 2.00 bits per heavy atom. The highest BCUT2D eigenvalue weighted by Gasteiger charge is 2.13. The summed E-state index contributed by atoms with van der Waals surface area (Å²) < 4.78 is 12.7. The van der Waals surface area contributed by atoms with Gasteiger partial charge >= 0.3 is 0 Å². The highest BCUT2D eigenvalue weighted by molar-refractivity contribution is 5.93. The number of amides is 1. The van der Waals surface area contributed by atoms with Crippen LogP contribution in [0.25, 0.3) is 0 Å². The molecule has 19 heavy (non-hydrogen) atoms. The van der Waals surface area contributed by atoms with Gasteiger partial charge in [0.2, 0.25) is 5.95 Å². The van der Waals surface area contributed by atoms with Crippen molar-refractivity contribution in [3.8, 4) is 0 Å². The summed E-state index contributed by atoms with van der Waals surface area (Å²) in [7, 11) is 1.72. The van der Waals surface area contributed by atoms with Crippen LogP contribution in [0.2, 0.25) is 0 Å². The first-order valence-corrected chi connectivity index (χ1v) is 5.99. The number of benzene rings is 1. The molecule has 98 valence electrons. The van der Waals surface area contributed by atoms with Crippen molar-refractivity contribution in [1.82, 2.24) is 9.88 Å². The normalized spacial score (nSPS) is 10.3. The average molecular weight is 258 g/mol. The van der Waals surface area contributed by atoms with Crippen LogP contribution in [0.3, 0.4) is 0 Å². The summed E-state index contributed by atoms with van der Waals surface area (Å²) in [5, 5.41) is 0. The monoisotopic (exact) mass is 258 g/mol. The van der Waals surface area contributed by atoms with Crippen LogP contribution in [-0.2, 0) is 6.54 Å². The highest BCUT2D eigenvalue weighted by atomic mass is 19.1. The fourth-order valence-corrected chi connectivity index (χ4v) is 1.84. The van der Waals surface area contributed by atoms with E-state index in [-0.39, 0.29) is 5.91 Å². The van der Waals surface area contributed by atoms with Crippen molar-refractivity contribution in [3.63, 3.8) is 0 Å². The van der Waals surface area contributed by atoms with Crippen molar-refractivity contribution in [2.24, 2.45) is 0 Å². The van der Waals surface area contributed by atoms with Gasteiger partial charge in [-0.05, 0) is 30.2 Å². The van der Waals surface area contributed by atoms with Gasteiger partial charge in [-0.1, -0.05) is 24.3 Å². The molecule has 0 aliphatic rings. The lowest BCUT2D eigenvalue weighted by molar-refractivity contribution is 0.0784. The highest BCUT2D eigenvalue weighted by Crippen LogP contribution is 2.11. The van der Waals surface area contributed by atoms with Crippen LogP contribution in [0.5, 0.6) is 0 Å². The standard InChI is InChI=1S/C15H15FN2O/c1-11-5-3-4-6-13(11)10-18(2)15(19)12-7-8-14(16)17-9-12/h3-9H,10H2,1-2H3. The molecule has 0 N–H and O–H groups in total. The van der Waals surface area contributed by atoms with E-state index < -0.39 is 5.95 Å². The van der Waals surface area contributed by atoms with Gasteiger partial charge in [-0.2, -0.15) is 4.39 Å². The number of carbonyl (C=O) groups is 1. The summed E-state index contributed by atoms with van der Waals surface area (Å²) in [6, 6.07) is 10.5.